The molecule has 2 aliphatic carbocycles. The second-order valence-electron chi connectivity index (χ2n) is 6.05. The SMILES string of the molecule is C[C@H]1CCCC[C@@H]1NC(=S)NNC(=S)NC1CCCC1. The maximum atomic E-state index is 5.32. The molecule has 0 spiro atoms. The van der Waals surface area contributed by atoms with Crippen molar-refractivity contribution >= 4 is 34.7 Å². The van der Waals surface area contributed by atoms with Crippen molar-refractivity contribution in [2.24, 2.45) is 5.92 Å². The number of hydrazine groups is 1. The Morgan fingerprint density at radius 3 is 2.00 bits per heavy atom. The van der Waals surface area contributed by atoms with Crippen LogP contribution in [0.3, 0.4) is 0 Å². The quantitative estimate of drug-likeness (QED) is 0.464. The fraction of sp³-hybridized carbons (Fsp3) is 0.857. The van der Waals surface area contributed by atoms with Gasteiger partial charge in [0, 0.05) is 12.1 Å². The smallest absolute Gasteiger partial charge is 0.185 e. The molecule has 20 heavy (non-hydrogen) atoms. The Balaban J connectivity index is 1.62. The highest BCUT2D eigenvalue weighted by Crippen LogP contribution is 2.23. The molecule has 0 aromatic carbocycles. The predicted octanol–water partition coefficient (Wildman–Crippen LogP) is 2.35. The zero-order valence-electron chi connectivity index (χ0n) is 12.2. The van der Waals surface area contributed by atoms with E-state index < -0.39 is 0 Å². The minimum atomic E-state index is 0.488. The lowest BCUT2D eigenvalue weighted by Gasteiger charge is -2.30. The molecule has 4 N–H and O–H groups in total. The molecule has 0 radical (unpaired) electrons. The van der Waals surface area contributed by atoms with Gasteiger partial charge < -0.3 is 10.6 Å². The van der Waals surface area contributed by atoms with Crippen LogP contribution < -0.4 is 21.5 Å². The standard InChI is InChI=1S/C14H26N4S2/c1-10-6-2-5-9-12(10)16-14(20)18-17-13(19)15-11-7-3-4-8-11/h10-12H,2-9H2,1H3,(H2,15,17,19)(H2,16,18,20)/t10-,12-/m0/s1. The predicted molar refractivity (Wildman–Crippen MR) is 91.4 cm³/mol. The zero-order chi connectivity index (χ0) is 14.4. The second-order valence-corrected chi connectivity index (χ2v) is 6.86. The third-order valence-electron chi connectivity index (χ3n) is 4.41. The molecule has 0 bridgehead atoms. The average molecular weight is 315 g/mol. The summed E-state index contributed by atoms with van der Waals surface area (Å²) >= 11 is 10.6. The maximum absolute atomic E-state index is 5.32. The number of hydrogen-bond acceptors (Lipinski definition) is 2. The molecule has 4 nitrogen and oxygen atoms in total. The van der Waals surface area contributed by atoms with E-state index in [0.29, 0.717) is 28.2 Å². The van der Waals surface area contributed by atoms with Gasteiger partial charge in [-0.05, 0) is 56.0 Å². The fourth-order valence-corrected chi connectivity index (χ4v) is 3.56. The molecule has 6 heteroatoms. The van der Waals surface area contributed by atoms with Crippen LogP contribution in [0.4, 0.5) is 0 Å². The summed E-state index contributed by atoms with van der Waals surface area (Å²) in [5.74, 6) is 0.687. The molecule has 0 heterocycles. The van der Waals surface area contributed by atoms with E-state index in [4.69, 9.17) is 24.4 Å². The Morgan fingerprint density at radius 1 is 0.800 bits per heavy atom. The molecule has 2 atom stereocenters. The first-order valence-electron chi connectivity index (χ1n) is 7.78. The molecule has 0 aromatic heterocycles. The van der Waals surface area contributed by atoms with E-state index in [1.807, 2.05) is 0 Å². The van der Waals surface area contributed by atoms with Crippen molar-refractivity contribution in [3.8, 4) is 0 Å². The van der Waals surface area contributed by atoms with E-state index in [1.165, 1.54) is 51.4 Å². The topological polar surface area (TPSA) is 48.1 Å². The summed E-state index contributed by atoms with van der Waals surface area (Å²) < 4.78 is 0. The van der Waals surface area contributed by atoms with Crippen LogP contribution in [0.2, 0.25) is 0 Å². The molecular formula is C14H26N4S2. The van der Waals surface area contributed by atoms with Gasteiger partial charge in [-0.3, -0.25) is 10.9 Å². The summed E-state index contributed by atoms with van der Waals surface area (Å²) in [6, 6.07) is 1.01. The summed E-state index contributed by atoms with van der Waals surface area (Å²) in [6.07, 6.45) is 10.1. The van der Waals surface area contributed by atoms with Gasteiger partial charge in [-0.2, -0.15) is 0 Å². The van der Waals surface area contributed by atoms with E-state index in [2.05, 4.69) is 28.4 Å². The first-order chi connectivity index (χ1) is 9.65. The Hall–Kier alpha value is -0.620. The number of thiocarbonyl (C=S) groups is 2. The summed E-state index contributed by atoms with van der Waals surface area (Å²) in [4.78, 5) is 0. The van der Waals surface area contributed by atoms with Crippen molar-refractivity contribution < 1.29 is 0 Å². The zero-order valence-corrected chi connectivity index (χ0v) is 13.8. The molecule has 2 fully saturated rings. The molecule has 0 amide bonds. The van der Waals surface area contributed by atoms with Crippen LogP contribution in [0.15, 0.2) is 0 Å². The van der Waals surface area contributed by atoms with Gasteiger partial charge in [0.05, 0.1) is 0 Å². The van der Waals surface area contributed by atoms with Crippen LogP contribution in [-0.2, 0) is 0 Å². The molecule has 0 aromatic rings. The van der Waals surface area contributed by atoms with Gasteiger partial charge in [0.2, 0.25) is 0 Å². The third-order valence-corrected chi connectivity index (χ3v) is 4.85. The summed E-state index contributed by atoms with van der Waals surface area (Å²) in [6.45, 7) is 2.29. The van der Waals surface area contributed by atoms with Crippen molar-refractivity contribution in [3.05, 3.63) is 0 Å². The Kier molecular flexibility index (Phi) is 6.29. The highest BCUT2D eigenvalue weighted by Gasteiger charge is 2.21. The number of nitrogens with one attached hydrogen (secondary N) is 4. The molecule has 0 aliphatic heterocycles. The summed E-state index contributed by atoms with van der Waals surface area (Å²) in [5, 5.41) is 7.98. The van der Waals surface area contributed by atoms with Crippen molar-refractivity contribution in [2.45, 2.75) is 70.4 Å². The second kappa shape index (κ2) is 7.98. The van der Waals surface area contributed by atoms with Crippen molar-refractivity contribution in [1.82, 2.24) is 21.5 Å². The Bertz CT molecular complexity index is 342. The average Bonchev–Trinajstić information content (AvgIpc) is 2.92. The number of rotatable bonds is 2. The van der Waals surface area contributed by atoms with Gasteiger partial charge in [0.1, 0.15) is 0 Å². The highest BCUT2D eigenvalue weighted by molar-refractivity contribution is 7.80. The van der Waals surface area contributed by atoms with Gasteiger partial charge in [-0.1, -0.05) is 32.6 Å². The third kappa shape index (κ3) is 5.05. The Morgan fingerprint density at radius 2 is 1.35 bits per heavy atom. The van der Waals surface area contributed by atoms with Crippen LogP contribution in [0, 0.1) is 5.92 Å². The van der Waals surface area contributed by atoms with E-state index in [-0.39, 0.29) is 0 Å². The van der Waals surface area contributed by atoms with Crippen LogP contribution in [0.5, 0.6) is 0 Å². The van der Waals surface area contributed by atoms with Crippen LogP contribution in [-0.4, -0.2) is 22.3 Å². The lowest BCUT2D eigenvalue weighted by Crippen LogP contribution is -2.54. The molecule has 114 valence electrons. The van der Waals surface area contributed by atoms with Gasteiger partial charge in [0.25, 0.3) is 0 Å². The Labute approximate surface area is 132 Å². The molecule has 2 rings (SSSR count). The lowest BCUT2D eigenvalue weighted by molar-refractivity contribution is 0.308. The number of hydrogen-bond donors (Lipinski definition) is 4. The lowest BCUT2D eigenvalue weighted by atomic mass is 9.86. The largest absolute Gasteiger partial charge is 0.359 e. The van der Waals surface area contributed by atoms with Crippen molar-refractivity contribution in [3.63, 3.8) is 0 Å². The first kappa shape index (κ1) is 15.8. The van der Waals surface area contributed by atoms with Gasteiger partial charge in [-0.15, -0.1) is 0 Å². The van der Waals surface area contributed by atoms with Crippen LogP contribution in [0.25, 0.3) is 0 Å². The highest BCUT2D eigenvalue weighted by atomic mass is 32.1. The van der Waals surface area contributed by atoms with E-state index in [9.17, 15) is 0 Å². The molecule has 2 saturated carbocycles. The summed E-state index contributed by atoms with van der Waals surface area (Å²) in [7, 11) is 0. The minimum Gasteiger partial charge on any atom is -0.359 e. The van der Waals surface area contributed by atoms with E-state index in [1.54, 1.807) is 0 Å². The molecule has 0 saturated heterocycles. The van der Waals surface area contributed by atoms with Gasteiger partial charge in [0.15, 0.2) is 10.2 Å². The normalized spacial score (nSPS) is 26.9. The van der Waals surface area contributed by atoms with Crippen LogP contribution in [0.1, 0.15) is 58.3 Å². The first-order valence-corrected chi connectivity index (χ1v) is 8.60. The van der Waals surface area contributed by atoms with Gasteiger partial charge >= 0.3 is 0 Å². The minimum absolute atomic E-state index is 0.488. The monoisotopic (exact) mass is 314 g/mol. The molecule has 0 unspecified atom stereocenters. The maximum Gasteiger partial charge on any atom is 0.185 e. The fourth-order valence-electron chi connectivity index (χ4n) is 3.14. The van der Waals surface area contributed by atoms with Crippen LogP contribution >= 0.6 is 24.4 Å². The van der Waals surface area contributed by atoms with E-state index in [0.717, 1.165) is 0 Å². The summed E-state index contributed by atoms with van der Waals surface area (Å²) in [5.41, 5.74) is 5.97. The van der Waals surface area contributed by atoms with E-state index >= 15 is 0 Å². The molecular weight excluding hydrogens is 288 g/mol. The van der Waals surface area contributed by atoms with Crippen molar-refractivity contribution in [2.75, 3.05) is 0 Å². The molecule has 2 aliphatic rings. The van der Waals surface area contributed by atoms with Gasteiger partial charge in [-0.25, -0.2) is 0 Å². The van der Waals surface area contributed by atoms with Crippen molar-refractivity contribution in [1.29, 1.82) is 0 Å².